The highest BCUT2D eigenvalue weighted by Gasteiger charge is 2.29. The molecule has 1 fully saturated rings. The average molecular weight is 313 g/mol. The third-order valence-corrected chi connectivity index (χ3v) is 3.81. The molecule has 8 nitrogen and oxygen atoms in total. The lowest BCUT2D eigenvalue weighted by Gasteiger charge is -2.29. The average Bonchev–Trinajstić information content (AvgIpc) is 2.55. The molecule has 0 saturated carbocycles. The van der Waals surface area contributed by atoms with Crippen LogP contribution in [0, 0.1) is 11.3 Å². The Balaban J connectivity index is 1.90. The number of rotatable bonds is 3. The lowest BCUT2D eigenvalue weighted by atomic mass is 10.1. The molecule has 23 heavy (non-hydrogen) atoms. The van der Waals surface area contributed by atoms with Crippen LogP contribution in [0.4, 0.5) is 0 Å². The Morgan fingerprint density at radius 3 is 3.04 bits per heavy atom. The SMILES string of the molecule is N#Cc1ncc(C2(N)N=C(N)C=CN2)cc1OC1CCCNC1. The first-order valence-corrected chi connectivity index (χ1v) is 7.47. The van der Waals surface area contributed by atoms with Gasteiger partial charge in [0, 0.05) is 24.5 Å². The summed E-state index contributed by atoms with van der Waals surface area (Å²) in [4.78, 5) is 8.36. The van der Waals surface area contributed by atoms with Crippen LogP contribution in [0.3, 0.4) is 0 Å². The van der Waals surface area contributed by atoms with E-state index in [1.54, 1.807) is 18.3 Å². The van der Waals surface area contributed by atoms with Gasteiger partial charge in [-0.1, -0.05) is 0 Å². The number of hydrogen-bond acceptors (Lipinski definition) is 8. The summed E-state index contributed by atoms with van der Waals surface area (Å²) in [5, 5.41) is 15.5. The molecular weight excluding hydrogens is 294 g/mol. The predicted molar refractivity (Wildman–Crippen MR) is 85.2 cm³/mol. The second kappa shape index (κ2) is 6.24. The van der Waals surface area contributed by atoms with Crippen LogP contribution in [-0.2, 0) is 5.79 Å². The fraction of sp³-hybridized carbons (Fsp3) is 0.400. The van der Waals surface area contributed by atoms with Crippen molar-refractivity contribution >= 4 is 5.84 Å². The Hall–Kier alpha value is -2.63. The molecule has 8 heteroatoms. The molecule has 0 spiro atoms. The number of aromatic nitrogens is 1. The summed E-state index contributed by atoms with van der Waals surface area (Å²) in [5.74, 6) is -0.494. The molecule has 120 valence electrons. The zero-order valence-electron chi connectivity index (χ0n) is 12.6. The number of nitrogens with two attached hydrogens (primary N) is 2. The fourth-order valence-corrected chi connectivity index (χ4v) is 2.60. The van der Waals surface area contributed by atoms with Gasteiger partial charge in [0.15, 0.2) is 11.4 Å². The van der Waals surface area contributed by atoms with Crippen LogP contribution in [0.5, 0.6) is 5.75 Å². The molecule has 0 aromatic carbocycles. The third kappa shape index (κ3) is 3.26. The van der Waals surface area contributed by atoms with Crippen LogP contribution in [0.25, 0.3) is 0 Å². The molecule has 1 aromatic rings. The number of ether oxygens (including phenoxy) is 1. The first-order chi connectivity index (χ1) is 11.1. The van der Waals surface area contributed by atoms with E-state index < -0.39 is 5.79 Å². The maximum Gasteiger partial charge on any atom is 0.212 e. The summed E-state index contributed by atoms with van der Waals surface area (Å²) in [6, 6.07) is 3.74. The normalized spacial score (nSPS) is 26.8. The Morgan fingerprint density at radius 2 is 2.35 bits per heavy atom. The smallest absolute Gasteiger partial charge is 0.212 e. The number of nitriles is 1. The number of piperidine rings is 1. The highest BCUT2D eigenvalue weighted by atomic mass is 16.5. The molecule has 6 N–H and O–H groups in total. The topological polar surface area (TPSA) is 134 Å². The minimum Gasteiger partial charge on any atom is -0.486 e. The van der Waals surface area contributed by atoms with Gasteiger partial charge in [-0.15, -0.1) is 0 Å². The number of pyridine rings is 1. The largest absolute Gasteiger partial charge is 0.486 e. The summed E-state index contributed by atoms with van der Waals surface area (Å²) in [7, 11) is 0. The maximum absolute atomic E-state index is 9.24. The Kier molecular flexibility index (Phi) is 4.14. The van der Waals surface area contributed by atoms with Crippen molar-refractivity contribution < 1.29 is 4.74 Å². The number of nitrogens with one attached hydrogen (secondary N) is 2. The zero-order valence-corrected chi connectivity index (χ0v) is 12.6. The lowest BCUT2D eigenvalue weighted by molar-refractivity contribution is 0.165. The van der Waals surface area contributed by atoms with E-state index in [-0.39, 0.29) is 11.8 Å². The van der Waals surface area contributed by atoms with Crippen LogP contribution in [-0.4, -0.2) is 30.0 Å². The molecule has 2 aliphatic heterocycles. The molecular formula is C15H19N7O. The molecule has 1 saturated heterocycles. The quantitative estimate of drug-likeness (QED) is 0.598. The third-order valence-electron chi connectivity index (χ3n) is 3.81. The second-order valence-electron chi connectivity index (χ2n) is 5.55. The maximum atomic E-state index is 9.24. The van der Waals surface area contributed by atoms with Crippen molar-refractivity contribution in [2.24, 2.45) is 16.5 Å². The van der Waals surface area contributed by atoms with Gasteiger partial charge in [-0.25, -0.2) is 9.98 Å². The monoisotopic (exact) mass is 313 g/mol. The summed E-state index contributed by atoms with van der Waals surface area (Å²) >= 11 is 0. The van der Waals surface area contributed by atoms with Crippen molar-refractivity contribution in [1.29, 1.82) is 5.26 Å². The van der Waals surface area contributed by atoms with E-state index in [0.717, 1.165) is 25.9 Å². The van der Waals surface area contributed by atoms with Crippen molar-refractivity contribution in [2.45, 2.75) is 24.7 Å². The summed E-state index contributed by atoms with van der Waals surface area (Å²) in [6.45, 7) is 1.73. The Labute approximate surface area is 134 Å². The van der Waals surface area contributed by atoms with Crippen LogP contribution >= 0.6 is 0 Å². The van der Waals surface area contributed by atoms with E-state index in [1.165, 1.54) is 6.20 Å². The van der Waals surface area contributed by atoms with Crippen LogP contribution in [0.2, 0.25) is 0 Å². The van der Waals surface area contributed by atoms with Crippen LogP contribution in [0.1, 0.15) is 24.1 Å². The molecule has 2 aliphatic rings. The molecule has 3 rings (SSSR count). The Morgan fingerprint density at radius 1 is 1.48 bits per heavy atom. The molecule has 0 bridgehead atoms. The summed E-state index contributed by atoms with van der Waals surface area (Å²) < 4.78 is 5.95. The van der Waals surface area contributed by atoms with E-state index in [2.05, 4.69) is 20.6 Å². The molecule has 3 heterocycles. The van der Waals surface area contributed by atoms with E-state index >= 15 is 0 Å². The van der Waals surface area contributed by atoms with E-state index in [4.69, 9.17) is 16.2 Å². The summed E-state index contributed by atoms with van der Waals surface area (Å²) in [6.07, 6.45) is 6.73. The molecule has 2 unspecified atom stereocenters. The van der Waals surface area contributed by atoms with Gasteiger partial charge in [0.25, 0.3) is 0 Å². The van der Waals surface area contributed by atoms with Crippen molar-refractivity contribution in [3.63, 3.8) is 0 Å². The molecule has 0 amide bonds. The molecule has 1 aromatic heterocycles. The number of nitrogens with zero attached hydrogens (tertiary/aromatic N) is 3. The van der Waals surface area contributed by atoms with Gasteiger partial charge in [-0.3, -0.25) is 5.73 Å². The Bertz CT molecular complexity index is 688. The fourth-order valence-electron chi connectivity index (χ4n) is 2.60. The predicted octanol–water partition coefficient (Wildman–Crippen LogP) is -0.373. The van der Waals surface area contributed by atoms with Gasteiger partial charge < -0.3 is 21.1 Å². The molecule has 2 atom stereocenters. The number of hydrogen-bond donors (Lipinski definition) is 4. The second-order valence-corrected chi connectivity index (χ2v) is 5.55. The minimum atomic E-state index is -1.22. The minimum absolute atomic E-state index is 0.00871. The number of aliphatic imine (C=N–C) groups is 1. The van der Waals surface area contributed by atoms with Gasteiger partial charge in [-0.2, -0.15) is 5.26 Å². The first kappa shape index (κ1) is 15.3. The van der Waals surface area contributed by atoms with Crippen LogP contribution in [0.15, 0.2) is 29.5 Å². The van der Waals surface area contributed by atoms with Gasteiger partial charge in [0.1, 0.15) is 18.0 Å². The molecule has 0 radical (unpaired) electrons. The van der Waals surface area contributed by atoms with Crippen molar-refractivity contribution in [1.82, 2.24) is 15.6 Å². The van der Waals surface area contributed by atoms with Crippen LogP contribution < -0.4 is 26.8 Å². The van der Waals surface area contributed by atoms with Crippen molar-refractivity contribution in [3.8, 4) is 11.8 Å². The van der Waals surface area contributed by atoms with E-state index in [1.807, 2.05) is 6.07 Å². The molecule has 0 aliphatic carbocycles. The van der Waals surface area contributed by atoms with Gasteiger partial charge >= 0.3 is 0 Å². The number of amidine groups is 1. The van der Waals surface area contributed by atoms with Crippen molar-refractivity contribution in [2.75, 3.05) is 13.1 Å². The standard InChI is InChI=1S/C15H19N7O/c16-7-12-13(23-11-2-1-4-19-9-11)6-10(8-20-12)15(18)21-5-3-14(17)22-15/h3,5-6,8,11,19,21H,1-2,4,9,18H2,(H2,17,22). The highest BCUT2D eigenvalue weighted by molar-refractivity contribution is 5.92. The van der Waals surface area contributed by atoms with E-state index in [0.29, 0.717) is 17.1 Å². The first-order valence-electron chi connectivity index (χ1n) is 7.47. The van der Waals surface area contributed by atoms with E-state index in [9.17, 15) is 5.26 Å². The van der Waals surface area contributed by atoms with Gasteiger partial charge in [0.2, 0.25) is 5.79 Å². The van der Waals surface area contributed by atoms with Crippen molar-refractivity contribution in [3.05, 3.63) is 35.8 Å². The van der Waals surface area contributed by atoms with Gasteiger partial charge in [-0.05, 0) is 31.5 Å². The summed E-state index contributed by atoms with van der Waals surface area (Å²) in [5.41, 5.74) is 12.8. The highest BCUT2D eigenvalue weighted by Crippen LogP contribution is 2.26. The lowest BCUT2D eigenvalue weighted by Crippen LogP contribution is -2.49. The zero-order chi connectivity index (χ0) is 16.3. The van der Waals surface area contributed by atoms with Gasteiger partial charge in [0.05, 0.1) is 0 Å².